The summed E-state index contributed by atoms with van der Waals surface area (Å²) in [5.74, 6) is -0.493. The van der Waals surface area contributed by atoms with Crippen molar-refractivity contribution in [2.75, 3.05) is 26.7 Å². The highest BCUT2D eigenvalue weighted by molar-refractivity contribution is 6.00. The molecule has 2 aliphatic rings. The Labute approximate surface area is 164 Å². The van der Waals surface area contributed by atoms with E-state index < -0.39 is 0 Å². The molecule has 2 N–H and O–H groups in total. The number of nitrogens with zero attached hydrogens (tertiary/aromatic N) is 2. The third-order valence-corrected chi connectivity index (χ3v) is 5.39. The Morgan fingerprint density at radius 1 is 1.11 bits per heavy atom. The standard InChI is InChI=1S/C20H26N4O4/c1-13-9-23(19(27)8-7-17(25)21-2)11-16(13)22-18(26)12-24-10-14-5-3-4-6-15(14)20(24)28/h3-6,13,16H,7-12H2,1-2H3,(H,21,25)(H,22,26). The number of fused-ring (bicyclic) bond motifs is 1. The predicted molar refractivity (Wildman–Crippen MR) is 102 cm³/mol. The minimum absolute atomic E-state index is 0.00134. The fourth-order valence-electron chi connectivity index (χ4n) is 3.73. The third-order valence-electron chi connectivity index (χ3n) is 5.39. The van der Waals surface area contributed by atoms with Gasteiger partial charge in [-0.05, 0) is 17.5 Å². The molecular formula is C20H26N4O4. The van der Waals surface area contributed by atoms with Crippen LogP contribution in [-0.2, 0) is 20.9 Å². The molecule has 0 aliphatic carbocycles. The molecule has 2 atom stereocenters. The first-order chi connectivity index (χ1) is 13.4. The third kappa shape index (κ3) is 4.32. The Bertz CT molecular complexity index is 794. The van der Waals surface area contributed by atoms with Gasteiger partial charge in [0.1, 0.15) is 6.54 Å². The summed E-state index contributed by atoms with van der Waals surface area (Å²) in [7, 11) is 1.54. The summed E-state index contributed by atoms with van der Waals surface area (Å²) in [4.78, 5) is 51.7. The SMILES string of the molecule is CNC(=O)CCC(=O)N1CC(C)C(NC(=O)CN2Cc3ccccc3C2=O)C1. The van der Waals surface area contributed by atoms with Crippen molar-refractivity contribution in [3.05, 3.63) is 35.4 Å². The van der Waals surface area contributed by atoms with Gasteiger partial charge < -0.3 is 20.4 Å². The van der Waals surface area contributed by atoms with Gasteiger partial charge in [0, 0.05) is 45.1 Å². The highest BCUT2D eigenvalue weighted by Crippen LogP contribution is 2.22. The van der Waals surface area contributed by atoms with Crippen LogP contribution in [0.5, 0.6) is 0 Å². The Kier molecular flexibility index (Phi) is 5.96. The Hall–Kier alpha value is -2.90. The van der Waals surface area contributed by atoms with E-state index in [1.54, 1.807) is 18.0 Å². The molecule has 0 spiro atoms. The predicted octanol–water partition coefficient (Wildman–Crippen LogP) is 0.132. The summed E-state index contributed by atoms with van der Waals surface area (Å²) >= 11 is 0. The fraction of sp³-hybridized carbons (Fsp3) is 0.500. The summed E-state index contributed by atoms with van der Waals surface area (Å²) in [6.07, 6.45) is 0.322. The van der Waals surface area contributed by atoms with Gasteiger partial charge in [-0.3, -0.25) is 19.2 Å². The van der Waals surface area contributed by atoms with E-state index in [-0.39, 0.29) is 55.0 Å². The van der Waals surface area contributed by atoms with Crippen LogP contribution in [0.15, 0.2) is 24.3 Å². The molecule has 8 heteroatoms. The van der Waals surface area contributed by atoms with Gasteiger partial charge in [0.15, 0.2) is 0 Å². The van der Waals surface area contributed by atoms with Crippen molar-refractivity contribution in [1.29, 1.82) is 0 Å². The second kappa shape index (κ2) is 8.41. The van der Waals surface area contributed by atoms with E-state index in [9.17, 15) is 19.2 Å². The van der Waals surface area contributed by atoms with Gasteiger partial charge in [0.2, 0.25) is 17.7 Å². The second-order valence-electron chi connectivity index (χ2n) is 7.44. The molecule has 1 fully saturated rings. The van der Waals surface area contributed by atoms with Gasteiger partial charge in [-0.15, -0.1) is 0 Å². The number of nitrogens with one attached hydrogen (secondary N) is 2. The quantitative estimate of drug-likeness (QED) is 0.726. The van der Waals surface area contributed by atoms with Crippen molar-refractivity contribution in [2.24, 2.45) is 5.92 Å². The molecule has 1 saturated heterocycles. The zero-order chi connectivity index (χ0) is 20.3. The van der Waals surface area contributed by atoms with Crippen LogP contribution in [0.4, 0.5) is 0 Å². The van der Waals surface area contributed by atoms with Crippen molar-refractivity contribution in [3.8, 4) is 0 Å². The molecule has 150 valence electrons. The summed E-state index contributed by atoms with van der Waals surface area (Å²) in [5.41, 5.74) is 1.58. The smallest absolute Gasteiger partial charge is 0.254 e. The normalized spacial score (nSPS) is 20.9. The first kappa shape index (κ1) is 19.9. The molecule has 1 aromatic carbocycles. The fourth-order valence-corrected chi connectivity index (χ4v) is 3.73. The first-order valence-corrected chi connectivity index (χ1v) is 9.54. The molecule has 28 heavy (non-hydrogen) atoms. The number of carbonyl (C=O) groups excluding carboxylic acids is 4. The molecule has 3 rings (SSSR count). The average molecular weight is 386 g/mol. The van der Waals surface area contributed by atoms with Gasteiger partial charge in [-0.25, -0.2) is 0 Å². The van der Waals surface area contributed by atoms with Gasteiger partial charge in [-0.1, -0.05) is 25.1 Å². The van der Waals surface area contributed by atoms with Gasteiger partial charge in [0.05, 0.1) is 6.04 Å². The Morgan fingerprint density at radius 3 is 2.57 bits per heavy atom. The van der Waals surface area contributed by atoms with Crippen LogP contribution >= 0.6 is 0 Å². The molecule has 8 nitrogen and oxygen atoms in total. The maximum atomic E-state index is 12.5. The van der Waals surface area contributed by atoms with Crippen LogP contribution in [0.1, 0.15) is 35.7 Å². The van der Waals surface area contributed by atoms with Crippen LogP contribution in [0.2, 0.25) is 0 Å². The van der Waals surface area contributed by atoms with Crippen LogP contribution in [0.3, 0.4) is 0 Å². The van der Waals surface area contributed by atoms with Gasteiger partial charge >= 0.3 is 0 Å². The first-order valence-electron chi connectivity index (χ1n) is 9.54. The highest BCUT2D eigenvalue weighted by Gasteiger charge is 2.34. The minimum atomic E-state index is -0.224. The summed E-state index contributed by atoms with van der Waals surface area (Å²) in [6, 6.07) is 7.21. The van der Waals surface area contributed by atoms with E-state index >= 15 is 0 Å². The van der Waals surface area contributed by atoms with Crippen LogP contribution in [0.25, 0.3) is 0 Å². The maximum absolute atomic E-state index is 12.5. The molecule has 2 aliphatic heterocycles. The molecule has 4 amide bonds. The van der Waals surface area contributed by atoms with Crippen molar-refractivity contribution in [3.63, 3.8) is 0 Å². The highest BCUT2D eigenvalue weighted by atomic mass is 16.2. The number of hydrogen-bond donors (Lipinski definition) is 2. The summed E-state index contributed by atoms with van der Waals surface area (Å²) < 4.78 is 0. The zero-order valence-electron chi connectivity index (χ0n) is 16.2. The van der Waals surface area contributed by atoms with E-state index in [2.05, 4.69) is 10.6 Å². The lowest BCUT2D eigenvalue weighted by atomic mass is 10.1. The zero-order valence-corrected chi connectivity index (χ0v) is 16.2. The lowest BCUT2D eigenvalue weighted by molar-refractivity contribution is -0.133. The number of carbonyl (C=O) groups is 4. The van der Waals surface area contributed by atoms with E-state index in [4.69, 9.17) is 0 Å². The number of benzene rings is 1. The van der Waals surface area contributed by atoms with E-state index in [1.807, 2.05) is 25.1 Å². The Morgan fingerprint density at radius 2 is 1.86 bits per heavy atom. The Balaban J connectivity index is 1.49. The summed E-state index contributed by atoms with van der Waals surface area (Å²) in [6.45, 7) is 3.39. The van der Waals surface area contributed by atoms with Gasteiger partial charge in [-0.2, -0.15) is 0 Å². The molecule has 0 aromatic heterocycles. The van der Waals surface area contributed by atoms with Crippen molar-refractivity contribution in [2.45, 2.75) is 32.4 Å². The van der Waals surface area contributed by atoms with Crippen molar-refractivity contribution < 1.29 is 19.2 Å². The summed E-state index contributed by atoms with van der Waals surface area (Å²) in [5, 5.41) is 5.46. The maximum Gasteiger partial charge on any atom is 0.254 e. The van der Waals surface area contributed by atoms with E-state index in [0.717, 1.165) is 5.56 Å². The van der Waals surface area contributed by atoms with E-state index in [1.165, 1.54) is 4.90 Å². The van der Waals surface area contributed by atoms with Crippen LogP contribution in [0, 0.1) is 5.92 Å². The molecule has 2 heterocycles. The molecule has 0 radical (unpaired) electrons. The molecule has 0 saturated carbocycles. The number of likely N-dealkylation sites (tertiary alicyclic amines) is 1. The lowest BCUT2D eigenvalue weighted by Crippen LogP contribution is -2.45. The largest absolute Gasteiger partial charge is 0.359 e. The van der Waals surface area contributed by atoms with Crippen molar-refractivity contribution >= 4 is 23.6 Å². The molecular weight excluding hydrogens is 360 g/mol. The topological polar surface area (TPSA) is 98.8 Å². The second-order valence-corrected chi connectivity index (χ2v) is 7.44. The molecule has 1 aromatic rings. The number of rotatable bonds is 6. The number of hydrogen-bond acceptors (Lipinski definition) is 4. The van der Waals surface area contributed by atoms with Crippen LogP contribution < -0.4 is 10.6 Å². The van der Waals surface area contributed by atoms with Crippen LogP contribution in [-0.4, -0.2) is 66.2 Å². The molecule has 0 bridgehead atoms. The van der Waals surface area contributed by atoms with Gasteiger partial charge in [0.25, 0.3) is 5.91 Å². The minimum Gasteiger partial charge on any atom is -0.359 e. The molecule has 2 unspecified atom stereocenters. The average Bonchev–Trinajstić information content (AvgIpc) is 3.20. The number of amides is 4. The lowest BCUT2D eigenvalue weighted by Gasteiger charge is -2.20. The van der Waals surface area contributed by atoms with E-state index in [0.29, 0.717) is 25.2 Å². The van der Waals surface area contributed by atoms with Crippen molar-refractivity contribution in [1.82, 2.24) is 20.4 Å². The monoisotopic (exact) mass is 386 g/mol.